The van der Waals surface area contributed by atoms with Crippen molar-refractivity contribution in [3.8, 4) is 5.75 Å². The first-order chi connectivity index (χ1) is 13.8. The number of nitrogens with one attached hydrogen (secondary N) is 2. The lowest BCUT2D eigenvalue weighted by atomic mass is 10.0. The SMILES string of the molecule is CC(C)CC(NC(=O)OCc1ccccc1)C(=O)Nc1ccc(O)c(C(=O)O)c1. The molecular weight excluding hydrogens is 376 g/mol. The van der Waals surface area contributed by atoms with Gasteiger partial charge in [-0.25, -0.2) is 9.59 Å². The Morgan fingerprint density at radius 3 is 2.38 bits per heavy atom. The van der Waals surface area contributed by atoms with Gasteiger partial charge in [0, 0.05) is 5.69 Å². The van der Waals surface area contributed by atoms with Gasteiger partial charge in [0.25, 0.3) is 0 Å². The number of hydrogen-bond acceptors (Lipinski definition) is 5. The molecule has 0 bridgehead atoms. The highest BCUT2D eigenvalue weighted by molar-refractivity contribution is 5.98. The monoisotopic (exact) mass is 400 g/mol. The summed E-state index contributed by atoms with van der Waals surface area (Å²) >= 11 is 0. The zero-order chi connectivity index (χ0) is 21.4. The summed E-state index contributed by atoms with van der Waals surface area (Å²) in [4.78, 5) is 35.9. The van der Waals surface area contributed by atoms with Crippen molar-refractivity contribution in [3.63, 3.8) is 0 Å². The highest BCUT2D eigenvalue weighted by Crippen LogP contribution is 2.22. The second-order valence-corrected chi connectivity index (χ2v) is 6.91. The van der Waals surface area contributed by atoms with E-state index < -0.39 is 29.8 Å². The summed E-state index contributed by atoms with van der Waals surface area (Å²) in [5.41, 5.74) is 0.676. The number of alkyl carbamates (subject to hydrolysis) is 1. The van der Waals surface area contributed by atoms with Crippen LogP contribution in [0.2, 0.25) is 0 Å². The van der Waals surface area contributed by atoms with Crippen LogP contribution in [0.1, 0.15) is 36.2 Å². The summed E-state index contributed by atoms with van der Waals surface area (Å²) in [7, 11) is 0. The standard InChI is InChI=1S/C21H24N2O6/c1-13(2)10-17(23-21(28)29-12-14-6-4-3-5-7-14)19(25)22-15-8-9-18(24)16(11-15)20(26)27/h3-9,11,13,17,24H,10,12H2,1-2H3,(H,22,25)(H,23,28)(H,26,27). The van der Waals surface area contributed by atoms with E-state index in [1.54, 1.807) is 0 Å². The molecule has 0 heterocycles. The number of amides is 2. The van der Waals surface area contributed by atoms with Gasteiger partial charge in [0.15, 0.2) is 0 Å². The summed E-state index contributed by atoms with van der Waals surface area (Å²) < 4.78 is 5.17. The van der Waals surface area contributed by atoms with Crippen molar-refractivity contribution in [2.24, 2.45) is 5.92 Å². The summed E-state index contributed by atoms with van der Waals surface area (Å²) in [6.07, 6.45) is -0.373. The third kappa shape index (κ3) is 6.84. The zero-order valence-corrected chi connectivity index (χ0v) is 16.2. The van der Waals surface area contributed by atoms with E-state index in [9.17, 15) is 19.5 Å². The van der Waals surface area contributed by atoms with Crippen LogP contribution in [0.25, 0.3) is 0 Å². The molecule has 1 unspecified atom stereocenters. The first kappa shape index (κ1) is 21.7. The van der Waals surface area contributed by atoms with E-state index in [4.69, 9.17) is 9.84 Å². The van der Waals surface area contributed by atoms with Crippen molar-refractivity contribution >= 4 is 23.7 Å². The second kappa shape index (κ2) is 10.1. The summed E-state index contributed by atoms with van der Waals surface area (Å²) in [6.45, 7) is 3.88. The molecule has 2 rings (SSSR count). The van der Waals surface area contributed by atoms with Crippen LogP contribution in [0, 0.1) is 5.92 Å². The normalized spacial score (nSPS) is 11.6. The molecular formula is C21H24N2O6. The molecule has 0 aromatic heterocycles. The quantitative estimate of drug-likeness (QED) is 0.504. The van der Waals surface area contributed by atoms with Crippen molar-refractivity contribution < 1.29 is 29.3 Å². The van der Waals surface area contributed by atoms with Gasteiger partial charge in [-0.3, -0.25) is 4.79 Å². The van der Waals surface area contributed by atoms with E-state index in [-0.39, 0.29) is 23.8 Å². The number of anilines is 1. The summed E-state index contributed by atoms with van der Waals surface area (Å²) in [6, 6.07) is 12.0. The first-order valence-corrected chi connectivity index (χ1v) is 9.10. The predicted molar refractivity (Wildman–Crippen MR) is 107 cm³/mol. The third-order valence-electron chi connectivity index (χ3n) is 4.02. The van der Waals surface area contributed by atoms with Crippen LogP contribution in [0.4, 0.5) is 10.5 Å². The van der Waals surface area contributed by atoms with Gasteiger partial charge < -0.3 is 25.6 Å². The van der Waals surface area contributed by atoms with Gasteiger partial charge in [0.2, 0.25) is 5.91 Å². The minimum absolute atomic E-state index is 0.0720. The number of aromatic carboxylic acids is 1. The van der Waals surface area contributed by atoms with E-state index in [1.165, 1.54) is 12.1 Å². The van der Waals surface area contributed by atoms with Crippen molar-refractivity contribution in [3.05, 3.63) is 59.7 Å². The number of benzene rings is 2. The van der Waals surface area contributed by atoms with Crippen LogP contribution >= 0.6 is 0 Å². The molecule has 0 aliphatic heterocycles. The molecule has 0 fully saturated rings. The minimum Gasteiger partial charge on any atom is -0.507 e. The number of ether oxygens (including phenoxy) is 1. The highest BCUT2D eigenvalue weighted by atomic mass is 16.5. The Bertz CT molecular complexity index is 867. The molecule has 0 saturated heterocycles. The fourth-order valence-corrected chi connectivity index (χ4v) is 2.62. The molecule has 1 atom stereocenters. The molecule has 29 heavy (non-hydrogen) atoms. The van der Waals surface area contributed by atoms with Crippen LogP contribution in [0.15, 0.2) is 48.5 Å². The first-order valence-electron chi connectivity index (χ1n) is 9.10. The fourth-order valence-electron chi connectivity index (χ4n) is 2.62. The number of phenols is 1. The maximum atomic E-state index is 12.6. The fraction of sp³-hybridized carbons (Fsp3) is 0.286. The molecule has 154 valence electrons. The Labute approximate surface area is 168 Å². The van der Waals surface area contributed by atoms with Crippen LogP contribution in [0.3, 0.4) is 0 Å². The van der Waals surface area contributed by atoms with E-state index in [0.29, 0.717) is 6.42 Å². The molecule has 8 heteroatoms. The third-order valence-corrected chi connectivity index (χ3v) is 4.02. The number of aromatic hydroxyl groups is 1. The Morgan fingerprint density at radius 2 is 1.76 bits per heavy atom. The summed E-state index contributed by atoms with van der Waals surface area (Å²) in [5.74, 6) is -2.14. The Hall–Kier alpha value is -3.55. The molecule has 0 aliphatic carbocycles. The Kier molecular flexibility index (Phi) is 7.59. The van der Waals surface area contributed by atoms with Gasteiger partial charge in [-0.2, -0.15) is 0 Å². The molecule has 0 spiro atoms. The average Bonchev–Trinajstić information content (AvgIpc) is 2.67. The van der Waals surface area contributed by atoms with Gasteiger partial charge >= 0.3 is 12.1 Å². The smallest absolute Gasteiger partial charge is 0.408 e. The van der Waals surface area contributed by atoms with Crippen molar-refractivity contribution in [1.82, 2.24) is 5.32 Å². The topological polar surface area (TPSA) is 125 Å². The number of carboxylic acids is 1. The summed E-state index contributed by atoms with van der Waals surface area (Å²) in [5, 5.41) is 23.8. The van der Waals surface area contributed by atoms with Crippen LogP contribution in [0.5, 0.6) is 5.75 Å². The van der Waals surface area contributed by atoms with Gasteiger partial charge in [0.1, 0.15) is 24.0 Å². The van der Waals surface area contributed by atoms with Crippen LogP contribution in [-0.4, -0.2) is 34.2 Å². The average molecular weight is 400 g/mol. The molecule has 0 saturated carbocycles. The predicted octanol–water partition coefficient (Wildman–Crippen LogP) is 3.37. The molecule has 2 amide bonds. The second-order valence-electron chi connectivity index (χ2n) is 6.91. The lowest BCUT2D eigenvalue weighted by molar-refractivity contribution is -0.118. The van der Waals surface area contributed by atoms with Gasteiger partial charge in [-0.05, 0) is 36.1 Å². The van der Waals surface area contributed by atoms with E-state index >= 15 is 0 Å². The molecule has 8 nitrogen and oxygen atoms in total. The molecule has 0 aliphatic rings. The minimum atomic E-state index is -1.32. The van der Waals surface area contributed by atoms with E-state index in [2.05, 4.69) is 10.6 Å². The van der Waals surface area contributed by atoms with Crippen molar-refractivity contribution in [2.45, 2.75) is 32.9 Å². The van der Waals surface area contributed by atoms with Crippen LogP contribution in [-0.2, 0) is 16.1 Å². The molecule has 4 N–H and O–H groups in total. The number of rotatable bonds is 8. The molecule has 2 aromatic rings. The Balaban J connectivity index is 2.02. The maximum Gasteiger partial charge on any atom is 0.408 e. The lowest BCUT2D eigenvalue weighted by Crippen LogP contribution is -2.44. The van der Waals surface area contributed by atoms with Crippen molar-refractivity contribution in [1.29, 1.82) is 0 Å². The maximum absolute atomic E-state index is 12.6. The molecule has 0 radical (unpaired) electrons. The number of carbonyl (C=O) groups is 3. The number of carboxylic acid groups (broad SMARTS) is 1. The largest absolute Gasteiger partial charge is 0.507 e. The van der Waals surface area contributed by atoms with Crippen LogP contribution < -0.4 is 10.6 Å². The lowest BCUT2D eigenvalue weighted by Gasteiger charge is -2.20. The van der Waals surface area contributed by atoms with E-state index in [0.717, 1.165) is 11.6 Å². The van der Waals surface area contributed by atoms with Crippen molar-refractivity contribution in [2.75, 3.05) is 5.32 Å². The van der Waals surface area contributed by atoms with Gasteiger partial charge in [-0.15, -0.1) is 0 Å². The van der Waals surface area contributed by atoms with Gasteiger partial charge in [0.05, 0.1) is 0 Å². The number of hydrogen-bond donors (Lipinski definition) is 4. The highest BCUT2D eigenvalue weighted by Gasteiger charge is 2.23. The van der Waals surface area contributed by atoms with E-state index in [1.807, 2.05) is 44.2 Å². The zero-order valence-electron chi connectivity index (χ0n) is 16.2. The Morgan fingerprint density at radius 1 is 1.07 bits per heavy atom. The van der Waals surface area contributed by atoms with Gasteiger partial charge in [-0.1, -0.05) is 44.2 Å². The number of carbonyl (C=O) groups excluding carboxylic acids is 2. The molecule has 2 aromatic carbocycles.